The highest BCUT2D eigenvalue weighted by Gasteiger charge is 2.12. The van der Waals surface area contributed by atoms with E-state index < -0.39 is 0 Å². The van der Waals surface area contributed by atoms with Crippen LogP contribution in [0.15, 0.2) is 29.1 Å². The molecule has 1 aromatic carbocycles. The molecule has 7 nitrogen and oxygen atoms in total. The molecule has 1 amide bonds. The van der Waals surface area contributed by atoms with E-state index in [0.717, 1.165) is 17.8 Å². The van der Waals surface area contributed by atoms with Crippen LogP contribution in [0.4, 0.5) is 5.13 Å². The van der Waals surface area contributed by atoms with Crippen molar-refractivity contribution >= 4 is 33.1 Å². The maximum atomic E-state index is 12.2. The van der Waals surface area contributed by atoms with Crippen molar-refractivity contribution in [1.29, 1.82) is 0 Å². The van der Waals surface area contributed by atoms with Gasteiger partial charge in [0, 0.05) is 11.8 Å². The minimum Gasteiger partial charge on any atom is -0.300 e. The van der Waals surface area contributed by atoms with Crippen molar-refractivity contribution < 1.29 is 4.79 Å². The minimum atomic E-state index is -0.266. The molecule has 0 bridgehead atoms. The molecule has 2 N–H and O–H groups in total. The molecule has 0 saturated carbocycles. The van der Waals surface area contributed by atoms with Crippen molar-refractivity contribution in [2.45, 2.75) is 26.2 Å². The van der Waals surface area contributed by atoms with Crippen LogP contribution in [-0.2, 0) is 17.6 Å². The average Bonchev–Trinajstić information content (AvgIpc) is 2.98. The molecule has 0 saturated heterocycles. The van der Waals surface area contributed by atoms with E-state index in [2.05, 4.69) is 32.6 Å². The average molecular weight is 329 g/mol. The number of benzene rings is 1. The summed E-state index contributed by atoms with van der Waals surface area (Å²) in [6.45, 7) is 2.06. The Balaban J connectivity index is 1.77. The van der Waals surface area contributed by atoms with Crippen molar-refractivity contribution in [3.63, 3.8) is 0 Å². The topological polar surface area (TPSA) is 101 Å². The monoisotopic (exact) mass is 329 g/mol. The van der Waals surface area contributed by atoms with E-state index in [1.54, 1.807) is 18.2 Å². The van der Waals surface area contributed by atoms with Crippen molar-refractivity contribution in [1.82, 2.24) is 20.4 Å². The van der Waals surface area contributed by atoms with Gasteiger partial charge < -0.3 is 5.32 Å². The van der Waals surface area contributed by atoms with Gasteiger partial charge >= 0.3 is 0 Å². The number of fused-ring (bicyclic) bond motifs is 1. The molecule has 0 aliphatic heterocycles. The van der Waals surface area contributed by atoms with E-state index in [0.29, 0.717) is 21.6 Å². The van der Waals surface area contributed by atoms with Crippen molar-refractivity contribution in [3.8, 4) is 0 Å². The summed E-state index contributed by atoms with van der Waals surface area (Å²) >= 11 is 1.37. The molecule has 8 heteroatoms. The first-order valence-corrected chi connectivity index (χ1v) is 8.07. The number of hydrogen-bond donors (Lipinski definition) is 2. The molecule has 2 heterocycles. The Hall–Kier alpha value is -2.61. The fourth-order valence-corrected chi connectivity index (χ4v) is 3.10. The molecule has 0 atom stereocenters. The lowest BCUT2D eigenvalue weighted by molar-refractivity contribution is -0.115. The zero-order chi connectivity index (χ0) is 16.2. The number of aryl methyl sites for hydroxylation is 1. The number of amides is 1. The first kappa shape index (κ1) is 15.3. The molecule has 2 aromatic heterocycles. The third-order valence-electron chi connectivity index (χ3n) is 3.28. The highest BCUT2D eigenvalue weighted by molar-refractivity contribution is 7.15. The van der Waals surface area contributed by atoms with E-state index in [9.17, 15) is 9.59 Å². The number of carbonyl (C=O) groups is 1. The molecule has 0 aliphatic rings. The summed E-state index contributed by atoms with van der Waals surface area (Å²) in [4.78, 5) is 23.9. The number of hydrogen-bond acceptors (Lipinski definition) is 6. The summed E-state index contributed by atoms with van der Waals surface area (Å²) in [5.74, 6) is -0.242. The summed E-state index contributed by atoms with van der Waals surface area (Å²) in [6.07, 6.45) is 1.88. The van der Waals surface area contributed by atoms with Crippen molar-refractivity contribution in [2.75, 3.05) is 5.32 Å². The Morgan fingerprint density at radius 2 is 2.04 bits per heavy atom. The van der Waals surface area contributed by atoms with E-state index in [1.165, 1.54) is 11.3 Å². The lowest BCUT2D eigenvalue weighted by atomic mass is 10.1. The highest BCUT2D eigenvalue weighted by Crippen LogP contribution is 2.17. The van der Waals surface area contributed by atoms with Gasteiger partial charge in [0.25, 0.3) is 5.56 Å². The van der Waals surface area contributed by atoms with Crippen LogP contribution < -0.4 is 10.9 Å². The number of nitrogens with one attached hydrogen (secondary N) is 2. The molecular weight excluding hydrogens is 314 g/mol. The molecule has 0 fully saturated rings. The zero-order valence-corrected chi connectivity index (χ0v) is 13.3. The van der Waals surface area contributed by atoms with E-state index in [-0.39, 0.29) is 17.9 Å². The quantitative estimate of drug-likeness (QED) is 0.744. The van der Waals surface area contributed by atoms with Crippen molar-refractivity contribution in [3.05, 3.63) is 45.3 Å². The van der Waals surface area contributed by atoms with Gasteiger partial charge in [-0.3, -0.25) is 9.59 Å². The minimum absolute atomic E-state index is 0.0555. The fourth-order valence-electron chi connectivity index (χ4n) is 2.24. The van der Waals surface area contributed by atoms with Gasteiger partial charge in [0.15, 0.2) is 0 Å². The largest absolute Gasteiger partial charge is 0.300 e. The Morgan fingerprint density at radius 1 is 1.26 bits per heavy atom. The Bertz CT molecular complexity index is 902. The third-order valence-corrected chi connectivity index (χ3v) is 4.18. The van der Waals surface area contributed by atoms with E-state index in [1.807, 2.05) is 6.07 Å². The van der Waals surface area contributed by atoms with Gasteiger partial charge in [0.1, 0.15) is 5.01 Å². The summed E-state index contributed by atoms with van der Waals surface area (Å²) < 4.78 is 0. The van der Waals surface area contributed by atoms with Crippen LogP contribution >= 0.6 is 11.3 Å². The molecular formula is C15H15N5O2S. The maximum absolute atomic E-state index is 12.2. The first-order valence-electron chi connectivity index (χ1n) is 7.26. The number of H-pyrrole nitrogens is 1. The first-order chi connectivity index (χ1) is 11.2. The number of aromatic amines is 1. The van der Waals surface area contributed by atoms with Gasteiger partial charge in [-0.1, -0.05) is 36.5 Å². The van der Waals surface area contributed by atoms with Crippen LogP contribution in [0, 0.1) is 0 Å². The predicted molar refractivity (Wildman–Crippen MR) is 88.6 cm³/mol. The van der Waals surface area contributed by atoms with Crippen molar-refractivity contribution in [2.24, 2.45) is 0 Å². The van der Waals surface area contributed by atoms with Crippen LogP contribution in [0.1, 0.15) is 24.0 Å². The smallest absolute Gasteiger partial charge is 0.272 e. The Morgan fingerprint density at radius 3 is 2.83 bits per heavy atom. The standard InChI is InChI=1S/C15H15N5O2S/c1-2-5-13-18-20-15(23-13)16-12(21)8-11-9-6-3-4-7-10(9)14(22)19-17-11/h3-4,6-7H,2,5,8H2,1H3,(H,19,22)(H,16,20,21). The molecule has 0 aliphatic carbocycles. The normalized spacial score (nSPS) is 10.8. The molecule has 23 heavy (non-hydrogen) atoms. The third kappa shape index (κ3) is 3.42. The highest BCUT2D eigenvalue weighted by atomic mass is 32.1. The lowest BCUT2D eigenvalue weighted by Crippen LogP contribution is -2.18. The van der Waals surface area contributed by atoms with E-state index in [4.69, 9.17) is 0 Å². The second-order valence-electron chi connectivity index (χ2n) is 5.02. The molecule has 0 radical (unpaired) electrons. The molecule has 0 unspecified atom stereocenters. The lowest BCUT2D eigenvalue weighted by Gasteiger charge is -2.04. The second-order valence-corrected chi connectivity index (χ2v) is 6.08. The fraction of sp³-hybridized carbons (Fsp3) is 0.267. The van der Waals surface area contributed by atoms with Gasteiger partial charge in [-0.15, -0.1) is 10.2 Å². The Labute approximate surface area is 135 Å². The molecule has 118 valence electrons. The summed E-state index contributed by atoms with van der Waals surface area (Å²) in [5, 5.41) is 19.7. The molecule has 3 rings (SSSR count). The second kappa shape index (κ2) is 6.66. The number of aromatic nitrogens is 4. The van der Waals surface area contributed by atoms with Crippen LogP contribution in [0.5, 0.6) is 0 Å². The number of carbonyl (C=O) groups excluding carboxylic acids is 1. The number of rotatable bonds is 5. The summed E-state index contributed by atoms with van der Waals surface area (Å²) in [5.41, 5.74) is 0.258. The summed E-state index contributed by atoms with van der Waals surface area (Å²) in [7, 11) is 0. The Kier molecular flexibility index (Phi) is 4.42. The predicted octanol–water partition coefficient (Wildman–Crippen LogP) is 1.91. The van der Waals surface area contributed by atoms with Gasteiger partial charge in [-0.2, -0.15) is 5.10 Å². The SMILES string of the molecule is CCCc1nnc(NC(=O)Cc2n[nH]c(=O)c3ccccc23)s1. The van der Waals surface area contributed by atoms with Crippen LogP contribution in [0.3, 0.4) is 0 Å². The van der Waals surface area contributed by atoms with Crippen LogP contribution in [0.25, 0.3) is 10.8 Å². The number of nitrogens with zero attached hydrogens (tertiary/aromatic N) is 3. The summed E-state index contributed by atoms with van der Waals surface area (Å²) in [6, 6.07) is 7.08. The van der Waals surface area contributed by atoms with Gasteiger partial charge in [0.2, 0.25) is 11.0 Å². The van der Waals surface area contributed by atoms with Gasteiger partial charge in [-0.05, 0) is 12.5 Å². The molecule has 0 spiro atoms. The zero-order valence-electron chi connectivity index (χ0n) is 12.5. The van der Waals surface area contributed by atoms with Crippen LogP contribution in [0.2, 0.25) is 0 Å². The number of anilines is 1. The van der Waals surface area contributed by atoms with Gasteiger partial charge in [0.05, 0.1) is 17.5 Å². The van der Waals surface area contributed by atoms with E-state index >= 15 is 0 Å². The van der Waals surface area contributed by atoms with Gasteiger partial charge in [-0.25, -0.2) is 5.10 Å². The maximum Gasteiger partial charge on any atom is 0.272 e. The van der Waals surface area contributed by atoms with Crippen LogP contribution in [-0.4, -0.2) is 26.3 Å². The molecule has 3 aromatic rings.